The van der Waals surface area contributed by atoms with Gasteiger partial charge in [0.05, 0.1) is 6.54 Å². The lowest BCUT2D eigenvalue weighted by molar-refractivity contribution is 0.755. The maximum absolute atomic E-state index is 12.5. The van der Waals surface area contributed by atoms with Crippen LogP contribution in [0.1, 0.15) is 30.5 Å². The molecule has 0 unspecified atom stereocenters. The molecule has 0 bridgehead atoms. The number of hydrogen-bond acceptors (Lipinski definition) is 3. The van der Waals surface area contributed by atoms with Gasteiger partial charge in [-0.05, 0) is 42.2 Å². The molecular weight excluding hydrogens is 310 g/mol. The van der Waals surface area contributed by atoms with Crippen LogP contribution in [0.4, 0.5) is 5.82 Å². The summed E-state index contributed by atoms with van der Waals surface area (Å²) in [5, 5.41) is 0. The van der Waals surface area contributed by atoms with Crippen molar-refractivity contribution in [1.29, 1.82) is 0 Å². The molecule has 0 amide bonds. The van der Waals surface area contributed by atoms with E-state index in [2.05, 4.69) is 4.98 Å². The second kappa shape index (κ2) is 8.29. The average Bonchev–Trinajstić information content (AvgIpc) is 2.63. The first-order chi connectivity index (χ1) is 12.0. The van der Waals surface area contributed by atoms with Gasteiger partial charge in [-0.1, -0.05) is 44.2 Å². The molecule has 2 heterocycles. The Kier molecular flexibility index (Phi) is 6.12. The minimum absolute atomic E-state index is 0.0460. The third-order valence-electron chi connectivity index (χ3n) is 3.87. The van der Waals surface area contributed by atoms with E-state index in [0.717, 1.165) is 27.8 Å². The highest BCUT2D eigenvalue weighted by Gasteiger charge is 2.10. The van der Waals surface area contributed by atoms with Crippen LogP contribution in [0.2, 0.25) is 0 Å². The van der Waals surface area contributed by atoms with Crippen molar-refractivity contribution in [2.75, 3.05) is 5.73 Å². The predicted octanol–water partition coefficient (Wildman–Crippen LogP) is 4.18. The molecule has 2 N–H and O–H groups in total. The van der Waals surface area contributed by atoms with Gasteiger partial charge in [-0.25, -0.2) is 4.98 Å². The summed E-state index contributed by atoms with van der Waals surface area (Å²) in [6.07, 6.45) is 3.61. The van der Waals surface area contributed by atoms with Gasteiger partial charge in [-0.15, -0.1) is 0 Å². The first-order valence-corrected chi connectivity index (χ1v) is 8.52. The summed E-state index contributed by atoms with van der Waals surface area (Å²) < 4.78 is 1.72. The van der Waals surface area contributed by atoms with E-state index in [0.29, 0.717) is 12.4 Å². The zero-order valence-electron chi connectivity index (χ0n) is 15.3. The van der Waals surface area contributed by atoms with Gasteiger partial charge < -0.3 is 10.3 Å². The summed E-state index contributed by atoms with van der Waals surface area (Å²) in [7, 11) is 0. The molecule has 0 spiro atoms. The second-order valence-electron chi connectivity index (χ2n) is 5.77. The van der Waals surface area contributed by atoms with Crippen molar-refractivity contribution in [3.63, 3.8) is 0 Å². The van der Waals surface area contributed by atoms with Crippen LogP contribution in [-0.2, 0) is 6.54 Å². The average molecular weight is 335 g/mol. The Morgan fingerprint density at radius 3 is 2.40 bits per heavy atom. The number of nitrogens with zero attached hydrogens (tertiary/aromatic N) is 2. The molecule has 0 aliphatic heterocycles. The predicted molar refractivity (Wildman–Crippen MR) is 105 cm³/mol. The zero-order chi connectivity index (χ0) is 18.4. The molecule has 0 aliphatic carbocycles. The maximum Gasteiger partial charge on any atom is 0.251 e. The molecule has 4 nitrogen and oxygen atoms in total. The molecule has 0 saturated carbocycles. The van der Waals surface area contributed by atoms with Crippen molar-refractivity contribution in [2.24, 2.45) is 0 Å². The lowest BCUT2D eigenvalue weighted by Crippen LogP contribution is -2.20. The van der Waals surface area contributed by atoms with Crippen molar-refractivity contribution < 1.29 is 0 Å². The Morgan fingerprint density at radius 2 is 1.72 bits per heavy atom. The van der Waals surface area contributed by atoms with E-state index in [9.17, 15) is 4.79 Å². The van der Waals surface area contributed by atoms with Crippen LogP contribution in [0.25, 0.3) is 11.1 Å². The van der Waals surface area contributed by atoms with Crippen molar-refractivity contribution in [1.82, 2.24) is 9.55 Å². The number of hydrogen-bond donors (Lipinski definition) is 1. The number of aryl methyl sites for hydroxylation is 2. The van der Waals surface area contributed by atoms with Gasteiger partial charge in [-0.3, -0.25) is 4.79 Å². The molecule has 0 aliphatic rings. The minimum Gasteiger partial charge on any atom is -0.383 e. The molecule has 25 heavy (non-hydrogen) atoms. The number of benzene rings is 1. The summed E-state index contributed by atoms with van der Waals surface area (Å²) in [6, 6.07) is 13.5. The van der Waals surface area contributed by atoms with E-state index in [4.69, 9.17) is 5.73 Å². The molecule has 1 aromatic carbocycles. The molecule has 0 fully saturated rings. The van der Waals surface area contributed by atoms with E-state index < -0.39 is 0 Å². The highest BCUT2D eigenvalue weighted by molar-refractivity contribution is 5.76. The Balaban J connectivity index is 0.00000109. The third-order valence-corrected chi connectivity index (χ3v) is 3.87. The highest BCUT2D eigenvalue weighted by Crippen LogP contribution is 2.26. The zero-order valence-corrected chi connectivity index (χ0v) is 15.3. The molecular formula is C21H25N3O. The van der Waals surface area contributed by atoms with Crippen LogP contribution in [0.15, 0.2) is 59.7 Å². The van der Waals surface area contributed by atoms with Crippen LogP contribution in [0.3, 0.4) is 0 Å². The van der Waals surface area contributed by atoms with Crippen LogP contribution in [0, 0.1) is 13.8 Å². The van der Waals surface area contributed by atoms with E-state index in [1.165, 1.54) is 0 Å². The van der Waals surface area contributed by atoms with Gasteiger partial charge in [0, 0.05) is 24.0 Å². The number of anilines is 1. The molecule has 4 heteroatoms. The molecule has 2 aromatic heterocycles. The van der Waals surface area contributed by atoms with E-state index in [-0.39, 0.29) is 5.56 Å². The molecule has 0 radical (unpaired) electrons. The molecule has 0 saturated heterocycles. The topological polar surface area (TPSA) is 60.9 Å². The Bertz CT molecular complexity index is 899. The van der Waals surface area contributed by atoms with Crippen LogP contribution in [0.5, 0.6) is 0 Å². The summed E-state index contributed by atoms with van der Waals surface area (Å²) >= 11 is 0. The van der Waals surface area contributed by atoms with Crippen molar-refractivity contribution in [3.05, 3.63) is 81.9 Å². The first kappa shape index (κ1) is 18.5. The lowest BCUT2D eigenvalue weighted by atomic mass is 10.0. The Labute approximate surface area is 149 Å². The minimum atomic E-state index is -0.0460. The number of aromatic nitrogens is 2. The Morgan fingerprint density at radius 1 is 1.04 bits per heavy atom. The second-order valence-corrected chi connectivity index (χ2v) is 5.77. The van der Waals surface area contributed by atoms with E-state index in [1.54, 1.807) is 16.8 Å². The molecule has 3 aromatic rings. The third kappa shape index (κ3) is 4.35. The smallest absolute Gasteiger partial charge is 0.251 e. The summed E-state index contributed by atoms with van der Waals surface area (Å²) in [4.78, 5) is 16.7. The fourth-order valence-electron chi connectivity index (χ4n) is 2.68. The van der Waals surface area contributed by atoms with Gasteiger partial charge in [0.15, 0.2) is 0 Å². The summed E-state index contributed by atoms with van der Waals surface area (Å²) in [6.45, 7) is 8.50. The van der Waals surface area contributed by atoms with Crippen LogP contribution < -0.4 is 11.3 Å². The number of nitrogens with two attached hydrogens (primary N) is 1. The van der Waals surface area contributed by atoms with Crippen molar-refractivity contribution in [2.45, 2.75) is 34.2 Å². The first-order valence-electron chi connectivity index (χ1n) is 8.52. The molecule has 0 atom stereocenters. The largest absolute Gasteiger partial charge is 0.383 e. The van der Waals surface area contributed by atoms with Crippen LogP contribution >= 0.6 is 0 Å². The fourth-order valence-corrected chi connectivity index (χ4v) is 2.68. The number of nitrogen functional groups attached to an aromatic ring is 1. The van der Waals surface area contributed by atoms with Gasteiger partial charge in [-0.2, -0.15) is 0 Å². The number of pyridine rings is 2. The standard InChI is InChI=1S/C19H19N3O.C2H6/c1-13-8-17(19(20)21-10-13)16-9-18(23)22(11-14(16)2)12-15-6-4-3-5-7-15;1-2/h3-11H,12H2,1-2H3,(H2,20,21);1-2H3. The van der Waals surface area contributed by atoms with Gasteiger partial charge in [0.2, 0.25) is 0 Å². The SMILES string of the molecule is CC.Cc1cnc(N)c(-c2cc(=O)n(Cc3ccccc3)cc2C)c1. The summed E-state index contributed by atoms with van der Waals surface area (Å²) in [5.74, 6) is 0.443. The van der Waals surface area contributed by atoms with Gasteiger partial charge >= 0.3 is 0 Å². The lowest BCUT2D eigenvalue weighted by Gasteiger charge is -2.12. The van der Waals surface area contributed by atoms with E-state index in [1.807, 2.05) is 70.3 Å². The van der Waals surface area contributed by atoms with E-state index >= 15 is 0 Å². The molecule has 130 valence electrons. The number of rotatable bonds is 3. The Hall–Kier alpha value is -2.88. The normalized spacial score (nSPS) is 10.1. The fraction of sp³-hybridized carbons (Fsp3) is 0.238. The van der Waals surface area contributed by atoms with Crippen molar-refractivity contribution in [3.8, 4) is 11.1 Å². The monoisotopic (exact) mass is 335 g/mol. The van der Waals surface area contributed by atoms with Crippen LogP contribution in [-0.4, -0.2) is 9.55 Å². The highest BCUT2D eigenvalue weighted by atomic mass is 16.1. The van der Waals surface area contributed by atoms with Gasteiger partial charge in [0.1, 0.15) is 5.82 Å². The maximum atomic E-state index is 12.5. The summed E-state index contributed by atoms with van der Waals surface area (Å²) in [5.41, 5.74) is 10.7. The molecule has 3 rings (SSSR count). The van der Waals surface area contributed by atoms with Gasteiger partial charge in [0.25, 0.3) is 5.56 Å². The quantitative estimate of drug-likeness (QED) is 0.781. The van der Waals surface area contributed by atoms with Crippen molar-refractivity contribution >= 4 is 5.82 Å².